The van der Waals surface area contributed by atoms with Crippen LogP contribution in [-0.4, -0.2) is 31.6 Å². The molecule has 3 rings (SSSR count). The first kappa shape index (κ1) is 14.8. The zero-order valence-corrected chi connectivity index (χ0v) is 12.7. The van der Waals surface area contributed by atoms with Crippen molar-refractivity contribution in [1.82, 2.24) is 4.72 Å². The summed E-state index contributed by atoms with van der Waals surface area (Å²) in [7, 11) is -3.82. The summed E-state index contributed by atoms with van der Waals surface area (Å²) in [6.45, 7) is -0.0278. The predicted molar refractivity (Wildman–Crippen MR) is 77.8 cm³/mol. The van der Waals surface area contributed by atoms with Crippen molar-refractivity contribution in [2.75, 3.05) is 11.9 Å². The second-order valence-electron chi connectivity index (χ2n) is 5.57. The van der Waals surface area contributed by atoms with E-state index in [0.29, 0.717) is 24.1 Å². The second-order valence-corrected chi connectivity index (χ2v) is 7.71. The third kappa shape index (κ3) is 2.78. The Morgan fingerprint density at radius 3 is 2.71 bits per heavy atom. The Labute approximate surface area is 127 Å². The molecule has 0 saturated heterocycles. The van der Waals surface area contributed by atoms with E-state index in [1.54, 1.807) is 0 Å². The highest BCUT2D eigenvalue weighted by Gasteiger charge is 2.36. The highest BCUT2D eigenvalue weighted by atomic mass is 35.5. The molecule has 8 heteroatoms. The number of carbonyl (C=O) groups is 1. The minimum atomic E-state index is -3.82. The maximum absolute atomic E-state index is 12.3. The SMILES string of the molecule is O=C1Cc2cc(S(=O)(=O)NCC3(O)CCC3)c(Cl)cc2N1. The molecule has 1 heterocycles. The normalized spacial score (nSPS) is 19.8. The van der Waals surface area contributed by atoms with Crippen LogP contribution >= 0.6 is 11.6 Å². The molecular weight excluding hydrogens is 316 g/mol. The van der Waals surface area contributed by atoms with Crippen LogP contribution in [0.3, 0.4) is 0 Å². The minimum absolute atomic E-state index is 0.0278. The molecule has 1 aromatic carbocycles. The fourth-order valence-electron chi connectivity index (χ4n) is 2.50. The van der Waals surface area contributed by atoms with Crippen molar-refractivity contribution in [2.24, 2.45) is 0 Å². The highest BCUT2D eigenvalue weighted by Crippen LogP contribution is 2.34. The van der Waals surface area contributed by atoms with Gasteiger partial charge >= 0.3 is 0 Å². The van der Waals surface area contributed by atoms with E-state index >= 15 is 0 Å². The van der Waals surface area contributed by atoms with Gasteiger partial charge in [0.2, 0.25) is 15.9 Å². The summed E-state index contributed by atoms with van der Waals surface area (Å²) in [4.78, 5) is 11.3. The Morgan fingerprint density at radius 2 is 2.10 bits per heavy atom. The monoisotopic (exact) mass is 330 g/mol. The molecule has 3 N–H and O–H groups in total. The van der Waals surface area contributed by atoms with Gasteiger partial charge in [0.05, 0.1) is 17.0 Å². The van der Waals surface area contributed by atoms with Crippen LogP contribution in [0.15, 0.2) is 17.0 Å². The van der Waals surface area contributed by atoms with Crippen molar-refractivity contribution >= 4 is 33.2 Å². The molecule has 1 aliphatic carbocycles. The van der Waals surface area contributed by atoms with Gasteiger partial charge in [0.15, 0.2) is 0 Å². The van der Waals surface area contributed by atoms with E-state index in [4.69, 9.17) is 11.6 Å². The molecule has 114 valence electrons. The number of halogens is 1. The summed E-state index contributed by atoms with van der Waals surface area (Å²) in [5.41, 5.74) is 0.196. The van der Waals surface area contributed by atoms with Crippen LogP contribution in [0.25, 0.3) is 0 Å². The lowest BCUT2D eigenvalue weighted by molar-refractivity contribution is -0.115. The third-order valence-corrected chi connectivity index (χ3v) is 5.81. The van der Waals surface area contributed by atoms with Gasteiger partial charge < -0.3 is 10.4 Å². The summed E-state index contributed by atoms with van der Waals surface area (Å²) < 4.78 is 27.0. The summed E-state index contributed by atoms with van der Waals surface area (Å²) >= 11 is 6.01. The Kier molecular flexibility index (Phi) is 3.48. The molecule has 2 aliphatic rings. The Bertz CT molecular complexity index is 713. The van der Waals surface area contributed by atoms with Crippen LogP contribution in [0, 0.1) is 0 Å². The van der Waals surface area contributed by atoms with Crippen LogP contribution in [0.2, 0.25) is 5.02 Å². The van der Waals surface area contributed by atoms with Crippen molar-refractivity contribution in [3.63, 3.8) is 0 Å². The average Bonchev–Trinajstić information content (AvgIpc) is 2.72. The van der Waals surface area contributed by atoms with Crippen LogP contribution in [-0.2, 0) is 21.2 Å². The van der Waals surface area contributed by atoms with Gasteiger partial charge in [0.1, 0.15) is 4.90 Å². The third-order valence-electron chi connectivity index (χ3n) is 3.95. The minimum Gasteiger partial charge on any atom is -0.389 e. The van der Waals surface area contributed by atoms with Crippen molar-refractivity contribution in [3.8, 4) is 0 Å². The largest absolute Gasteiger partial charge is 0.389 e. The zero-order chi connectivity index (χ0) is 15.3. The molecule has 6 nitrogen and oxygen atoms in total. The number of rotatable bonds is 4. The van der Waals surface area contributed by atoms with Gasteiger partial charge in [-0.2, -0.15) is 0 Å². The molecule has 0 atom stereocenters. The number of aliphatic hydroxyl groups is 1. The number of amides is 1. The maximum atomic E-state index is 12.3. The zero-order valence-electron chi connectivity index (χ0n) is 11.1. The van der Waals surface area contributed by atoms with Crippen molar-refractivity contribution in [3.05, 3.63) is 22.7 Å². The molecule has 21 heavy (non-hydrogen) atoms. The van der Waals surface area contributed by atoms with Gasteiger partial charge in [-0.1, -0.05) is 11.6 Å². The number of hydrogen-bond donors (Lipinski definition) is 3. The lowest BCUT2D eigenvalue weighted by Crippen LogP contribution is -2.47. The van der Waals surface area contributed by atoms with Gasteiger partial charge in [-0.15, -0.1) is 0 Å². The van der Waals surface area contributed by atoms with Crippen LogP contribution < -0.4 is 10.0 Å². The van der Waals surface area contributed by atoms with E-state index in [0.717, 1.165) is 6.42 Å². The topological polar surface area (TPSA) is 95.5 Å². The van der Waals surface area contributed by atoms with Crippen molar-refractivity contribution in [2.45, 2.75) is 36.2 Å². The van der Waals surface area contributed by atoms with E-state index in [1.165, 1.54) is 12.1 Å². The highest BCUT2D eigenvalue weighted by molar-refractivity contribution is 7.89. The fourth-order valence-corrected chi connectivity index (χ4v) is 4.20. The van der Waals surface area contributed by atoms with E-state index in [1.807, 2.05) is 0 Å². The number of hydrogen-bond acceptors (Lipinski definition) is 4. The molecule has 1 aliphatic heterocycles. The smallest absolute Gasteiger partial charge is 0.242 e. The molecule has 0 radical (unpaired) electrons. The number of carbonyl (C=O) groups excluding carboxylic acids is 1. The van der Waals surface area contributed by atoms with Crippen LogP contribution in [0.1, 0.15) is 24.8 Å². The maximum Gasteiger partial charge on any atom is 0.242 e. The first-order valence-electron chi connectivity index (χ1n) is 6.63. The number of benzene rings is 1. The van der Waals surface area contributed by atoms with Crippen molar-refractivity contribution in [1.29, 1.82) is 0 Å². The summed E-state index contributed by atoms with van der Waals surface area (Å²) in [5, 5.41) is 12.6. The summed E-state index contributed by atoms with van der Waals surface area (Å²) in [6.07, 6.45) is 2.21. The van der Waals surface area contributed by atoms with Gasteiger partial charge in [0, 0.05) is 12.2 Å². The summed E-state index contributed by atoms with van der Waals surface area (Å²) in [5.74, 6) is -0.188. The average molecular weight is 331 g/mol. The van der Waals surface area contributed by atoms with E-state index in [-0.39, 0.29) is 28.8 Å². The van der Waals surface area contributed by atoms with E-state index in [9.17, 15) is 18.3 Å². The molecule has 1 fully saturated rings. The summed E-state index contributed by atoms with van der Waals surface area (Å²) in [6, 6.07) is 2.84. The molecule has 1 aromatic rings. The molecule has 0 bridgehead atoms. The second kappa shape index (κ2) is 4.95. The first-order chi connectivity index (χ1) is 9.79. The lowest BCUT2D eigenvalue weighted by atomic mass is 9.81. The Balaban J connectivity index is 1.85. The molecule has 0 unspecified atom stereocenters. The van der Waals surface area contributed by atoms with Gasteiger partial charge in [0.25, 0.3) is 0 Å². The van der Waals surface area contributed by atoms with Crippen LogP contribution in [0.5, 0.6) is 0 Å². The number of sulfonamides is 1. The number of anilines is 1. The molecular formula is C13H15ClN2O4S. The molecule has 1 amide bonds. The van der Waals surface area contributed by atoms with Crippen LogP contribution in [0.4, 0.5) is 5.69 Å². The van der Waals surface area contributed by atoms with Gasteiger partial charge in [-0.3, -0.25) is 4.79 Å². The molecule has 0 aromatic heterocycles. The van der Waals surface area contributed by atoms with E-state index in [2.05, 4.69) is 10.0 Å². The quantitative estimate of drug-likeness (QED) is 0.768. The predicted octanol–water partition coefficient (Wildman–Crippen LogP) is 1.03. The molecule has 1 saturated carbocycles. The number of fused-ring (bicyclic) bond motifs is 1. The van der Waals surface area contributed by atoms with Gasteiger partial charge in [-0.05, 0) is 37.0 Å². The lowest BCUT2D eigenvalue weighted by Gasteiger charge is -2.36. The van der Waals surface area contributed by atoms with Gasteiger partial charge in [-0.25, -0.2) is 13.1 Å². The molecule has 0 spiro atoms. The Hall–Kier alpha value is -1.15. The first-order valence-corrected chi connectivity index (χ1v) is 8.50. The fraction of sp³-hybridized carbons (Fsp3) is 0.462. The Morgan fingerprint density at radius 1 is 1.38 bits per heavy atom. The number of nitrogens with one attached hydrogen (secondary N) is 2. The van der Waals surface area contributed by atoms with E-state index < -0.39 is 15.6 Å². The standard InChI is InChI=1S/C13H15ClN2O4S/c14-9-6-10-8(5-12(17)16-10)4-11(9)21(19,20)15-7-13(18)2-1-3-13/h4,6,15,18H,1-3,5,7H2,(H,16,17). The van der Waals surface area contributed by atoms with Crippen molar-refractivity contribution < 1.29 is 18.3 Å².